The molecule has 0 aromatic carbocycles. The number of nitrogens with zero attached hydrogens (tertiary/aromatic N) is 6. The fourth-order valence-corrected chi connectivity index (χ4v) is 4.37. The molecule has 1 aliphatic heterocycles. The van der Waals surface area contributed by atoms with Crippen LogP contribution in [0.25, 0.3) is 22.2 Å². The summed E-state index contributed by atoms with van der Waals surface area (Å²) in [7, 11) is 0. The first-order valence-corrected chi connectivity index (χ1v) is 12.0. The van der Waals surface area contributed by atoms with E-state index in [1.54, 1.807) is 37.0 Å². The molecule has 8 nitrogen and oxygen atoms in total. The van der Waals surface area contributed by atoms with Crippen molar-refractivity contribution in [2.24, 2.45) is 0 Å². The first kappa shape index (κ1) is 24.6. The predicted octanol–water partition coefficient (Wildman–Crippen LogP) is 4.24. The minimum atomic E-state index is -0.988. The third-order valence-electron chi connectivity index (χ3n) is 6.16. The van der Waals surface area contributed by atoms with Crippen molar-refractivity contribution < 1.29 is 14.2 Å². The summed E-state index contributed by atoms with van der Waals surface area (Å²) in [6.45, 7) is 5.70. The Labute approximate surface area is 214 Å². The highest BCUT2D eigenvalue weighted by molar-refractivity contribution is 5.85. The fraction of sp³-hybridized carbons (Fsp3) is 0.286. The van der Waals surface area contributed by atoms with Crippen LogP contribution in [0.1, 0.15) is 37.1 Å². The van der Waals surface area contributed by atoms with E-state index < -0.39 is 5.60 Å². The third-order valence-corrected chi connectivity index (χ3v) is 6.16. The first-order chi connectivity index (χ1) is 17.8. The van der Waals surface area contributed by atoms with E-state index in [9.17, 15) is 14.8 Å². The second-order valence-electron chi connectivity index (χ2n) is 9.81. The molecule has 9 heteroatoms. The van der Waals surface area contributed by atoms with Gasteiger partial charge in [-0.2, -0.15) is 10.4 Å². The van der Waals surface area contributed by atoms with E-state index in [1.807, 2.05) is 18.2 Å². The van der Waals surface area contributed by atoms with Crippen molar-refractivity contribution >= 4 is 11.1 Å². The Morgan fingerprint density at radius 3 is 2.73 bits per heavy atom. The summed E-state index contributed by atoms with van der Waals surface area (Å²) in [5.74, 6) is 0.212. The molecule has 0 spiro atoms. The quantitative estimate of drug-likeness (QED) is 0.407. The van der Waals surface area contributed by atoms with E-state index in [-0.39, 0.29) is 12.4 Å². The van der Waals surface area contributed by atoms with Gasteiger partial charge in [0.1, 0.15) is 24.2 Å². The van der Waals surface area contributed by atoms with Crippen LogP contribution in [0, 0.1) is 17.1 Å². The molecule has 4 aromatic heterocycles. The number of aliphatic hydroxyl groups is 1. The summed E-state index contributed by atoms with van der Waals surface area (Å²) < 4.78 is 20.9. The van der Waals surface area contributed by atoms with Gasteiger partial charge in [0.05, 0.1) is 41.0 Å². The summed E-state index contributed by atoms with van der Waals surface area (Å²) in [5, 5.41) is 24.0. The van der Waals surface area contributed by atoms with Crippen molar-refractivity contribution in [1.29, 1.82) is 5.26 Å². The number of hydrogen-bond donors (Lipinski definition) is 1. The van der Waals surface area contributed by atoms with Gasteiger partial charge in [0.15, 0.2) is 0 Å². The van der Waals surface area contributed by atoms with Crippen LogP contribution < -0.4 is 4.74 Å². The summed E-state index contributed by atoms with van der Waals surface area (Å²) in [6.07, 6.45) is 10.9. The van der Waals surface area contributed by atoms with Crippen molar-refractivity contribution in [2.45, 2.75) is 32.4 Å². The van der Waals surface area contributed by atoms with E-state index in [1.165, 1.54) is 18.5 Å². The van der Waals surface area contributed by atoms with Gasteiger partial charge < -0.3 is 9.84 Å². The van der Waals surface area contributed by atoms with Crippen LogP contribution in [0.3, 0.4) is 0 Å². The smallest absolute Gasteiger partial charge is 0.141 e. The lowest BCUT2D eigenvalue weighted by Crippen LogP contribution is -2.28. The Kier molecular flexibility index (Phi) is 6.70. The van der Waals surface area contributed by atoms with Crippen molar-refractivity contribution in [3.05, 3.63) is 84.0 Å². The average Bonchev–Trinajstić information content (AvgIpc) is 3.30. The third kappa shape index (κ3) is 5.66. The number of pyridine rings is 3. The van der Waals surface area contributed by atoms with Crippen molar-refractivity contribution in [3.8, 4) is 22.9 Å². The Morgan fingerprint density at radius 1 is 1.19 bits per heavy atom. The highest BCUT2D eigenvalue weighted by Gasteiger charge is 2.18. The molecule has 0 unspecified atom stereocenters. The summed E-state index contributed by atoms with van der Waals surface area (Å²) in [4.78, 5) is 10.9. The zero-order chi connectivity index (χ0) is 26.0. The minimum absolute atomic E-state index is 0.113. The van der Waals surface area contributed by atoms with Gasteiger partial charge in [-0.3, -0.25) is 14.9 Å². The molecule has 4 aromatic rings. The Bertz CT molecular complexity index is 1500. The number of fused-ring (bicyclic) bond motifs is 1. The number of hydrogen-bond acceptors (Lipinski definition) is 7. The molecular weight excluding hydrogens is 471 g/mol. The molecule has 0 aliphatic carbocycles. The molecule has 1 N–H and O–H groups in total. The van der Waals surface area contributed by atoms with Gasteiger partial charge in [-0.1, -0.05) is 12.1 Å². The maximum absolute atomic E-state index is 13.4. The van der Waals surface area contributed by atoms with Gasteiger partial charge in [0.2, 0.25) is 0 Å². The van der Waals surface area contributed by atoms with Crippen LogP contribution in [-0.2, 0) is 6.54 Å². The molecular formula is C28H27FN6O2. The molecule has 0 saturated heterocycles. The highest BCUT2D eigenvalue weighted by atomic mass is 19.1. The topological polar surface area (TPSA) is 99.6 Å². The van der Waals surface area contributed by atoms with Crippen LogP contribution in [0.5, 0.6) is 5.75 Å². The zero-order valence-corrected chi connectivity index (χ0v) is 20.7. The number of aromatic nitrogens is 4. The SMILES string of the molecule is CC(C)(O)COc1cc(-c2ccc(C3=CCN(Cc4cncc(F)c4)CC3)nc2)c2c(C#N)cnn2c1. The number of rotatable bonds is 7. The largest absolute Gasteiger partial charge is 0.489 e. The standard InChI is InChI=1S/C28H27FN6O2/c1-28(2,36)18-37-24-10-25(27-22(11-30)14-33-35(27)17-24)21-3-4-26(32-13-21)20-5-7-34(8-6-20)16-19-9-23(29)15-31-12-19/h3-5,9-10,12-15,17,36H,6-8,16,18H2,1-2H3. The Balaban J connectivity index is 1.37. The van der Waals surface area contributed by atoms with E-state index in [2.05, 4.69) is 27.1 Å². The molecule has 1 aliphatic rings. The number of nitriles is 1. The summed E-state index contributed by atoms with van der Waals surface area (Å²) in [5.41, 5.74) is 4.66. The monoisotopic (exact) mass is 498 g/mol. The molecule has 37 heavy (non-hydrogen) atoms. The molecule has 0 amide bonds. The molecule has 5 heterocycles. The van der Waals surface area contributed by atoms with E-state index >= 15 is 0 Å². The van der Waals surface area contributed by atoms with Crippen molar-refractivity contribution in [1.82, 2.24) is 24.5 Å². The molecule has 0 saturated carbocycles. The van der Waals surface area contributed by atoms with Crippen LogP contribution in [0.15, 0.2) is 61.3 Å². The molecule has 0 fully saturated rings. The summed E-state index contributed by atoms with van der Waals surface area (Å²) in [6, 6.07) is 9.53. The molecule has 5 rings (SSSR count). The number of ether oxygens (including phenoxy) is 1. The van der Waals surface area contributed by atoms with Crippen LogP contribution in [-0.4, -0.2) is 54.9 Å². The summed E-state index contributed by atoms with van der Waals surface area (Å²) >= 11 is 0. The van der Waals surface area contributed by atoms with Gasteiger partial charge >= 0.3 is 0 Å². The number of halogens is 1. The fourth-order valence-electron chi connectivity index (χ4n) is 4.37. The average molecular weight is 499 g/mol. The van der Waals surface area contributed by atoms with Gasteiger partial charge in [-0.05, 0) is 49.6 Å². The van der Waals surface area contributed by atoms with Gasteiger partial charge in [0, 0.05) is 43.2 Å². The van der Waals surface area contributed by atoms with E-state index in [0.29, 0.717) is 23.4 Å². The van der Waals surface area contributed by atoms with Gasteiger partial charge in [-0.25, -0.2) is 8.91 Å². The maximum atomic E-state index is 13.4. The van der Waals surface area contributed by atoms with Crippen LogP contribution >= 0.6 is 0 Å². The van der Waals surface area contributed by atoms with E-state index in [0.717, 1.165) is 47.5 Å². The lowest BCUT2D eigenvalue weighted by atomic mass is 10.0. The molecule has 0 bridgehead atoms. The lowest BCUT2D eigenvalue weighted by molar-refractivity contribution is 0.0283. The molecule has 188 valence electrons. The zero-order valence-electron chi connectivity index (χ0n) is 20.7. The molecule has 0 radical (unpaired) electrons. The van der Waals surface area contributed by atoms with Crippen molar-refractivity contribution in [3.63, 3.8) is 0 Å². The van der Waals surface area contributed by atoms with Gasteiger partial charge in [-0.15, -0.1) is 0 Å². The van der Waals surface area contributed by atoms with Crippen LogP contribution in [0.2, 0.25) is 0 Å². The Morgan fingerprint density at radius 2 is 2.05 bits per heavy atom. The van der Waals surface area contributed by atoms with Crippen molar-refractivity contribution in [2.75, 3.05) is 19.7 Å². The second kappa shape index (κ2) is 10.1. The minimum Gasteiger partial charge on any atom is -0.489 e. The highest BCUT2D eigenvalue weighted by Crippen LogP contribution is 2.32. The lowest BCUT2D eigenvalue weighted by Gasteiger charge is -2.26. The predicted molar refractivity (Wildman–Crippen MR) is 137 cm³/mol. The van der Waals surface area contributed by atoms with E-state index in [4.69, 9.17) is 9.72 Å². The van der Waals surface area contributed by atoms with Crippen LogP contribution in [0.4, 0.5) is 4.39 Å². The normalized spacial score (nSPS) is 14.4. The Hall–Kier alpha value is -4.13. The maximum Gasteiger partial charge on any atom is 0.141 e. The molecule has 0 atom stereocenters. The first-order valence-electron chi connectivity index (χ1n) is 12.0. The van der Waals surface area contributed by atoms with Gasteiger partial charge in [0.25, 0.3) is 0 Å². The second-order valence-corrected chi connectivity index (χ2v) is 9.81.